The van der Waals surface area contributed by atoms with Gasteiger partial charge in [0.05, 0.1) is 20.8 Å². The molecule has 0 fully saturated rings. The number of benzene rings is 1. The van der Waals surface area contributed by atoms with E-state index in [-0.39, 0.29) is 11.9 Å². The molecule has 30 heavy (non-hydrogen) atoms. The number of guanidine groups is 1. The number of carbonyl (C=O) groups is 1. The van der Waals surface area contributed by atoms with Gasteiger partial charge in [-0.25, -0.2) is 4.98 Å². The molecule has 3 aromatic rings. The van der Waals surface area contributed by atoms with E-state index in [0.717, 1.165) is 5.56 Å². The molecule has 0 radical (unpaired) electrons. The number of nitrogens with two attached hydrogens (primary N) is 1. The van der Waals surface area contributed by atoms with Crippen molar-refractivity contribution < 1.29 is 18.7 Å². The van der Waals surface area contributed by atoms with Crippen molar-refractivity contribution in [1.29, 1.82) is 0 Å². The van der Waals surface area contributed by atoms with Crippen LogP contribution in [-0.4, -0.2) is 31.1 Å². The Kier molecular flexibility index (Phi) is 6.91. The van der Waals surface area contributed by atoms with Crippen LogP contribution in [0.1, 0.15) is 18.2 Å². The molecule has 0 unspecified atom stereocenters. The first-order valence-electron chi connectivity index (χ1n) is 9.06. The van der Waals surface area contributed by atoms with Crippen LogP contribution in [0.5, 0.6) is 11.5 Å². The number of aliphatic imine (C=N–C) groups is 1. The van der Waals surface area contributed by atoms with Gasteiger partial charge in [0.15, 0.2) is 11.7 Å². The van der Waals surface area contributed by atoms with E-state index >= 15 is 0 Å². The van der Waals surface area contributed by atoms with Crippen molar-refractivity contribution >= 4 is 28.3 Å². The van der Waals surface area contributed by atoms with E-state index in [0.29, 0.717) is 46.9 Å². The minimum atomic E-state index is -0.117. The number of carbonyl (C=O) groups excluding carboxylic acids is 1. The number of furan rings is 1. The van der Waals surface area contributed by atoms with Gasteiger partial charge < -0.3 is 30.3 Å². The van der Waals surface area contributed by atoms with Crippen LogP contribution in [0.25, 0.3) is 11.5 Å². The zero-order chi connectivity index (χ0) is 21.5. The maximum absolute atomic E-state index is 11.0. The SMILES string of the molecule is COc1ccc(CN/C(N)=N/c2nc(-c3ccc(CNC(C)=O)o3)cs2)c(OC)c1. The number of amides is 1. The van der Waals surface area contributed by atoms with Gasteiger partial charge in [0.2, 0.25) is 11.0 Å². The van der Waals surface area contributed by atoms with Crippen LogP contribution in [0.3, 0.4) is 0 Å². The Balaban J connectivity index is 1.62. The molecule has 1 aromatic carbocycles. The number of ether oxygens (including phenoxy) is 2. The molecule has 1 amide bonds. The summed E-state index contributed by atoms with van der Waals surface area (Å²) in [7, 11) is 3.20. The van der Waals surface area contributed by atoms with Crippen molar-refractivity contribution in [3.05, 3.63) is 47.0 Å². The standard InChI is InChI=1S/C20H23N5O4S/c1-12(26)22-10-15-6-7-17(29-15)16-11-30-20(24-16)25-19(21)23-9-13-4-5-14(27-2)8-18(13)28-3/h4-8,11H,9-10H2,1-3H3,(H,22,26)(H3,21,23,24,25). The number of hydrogen-bond acceptors (Lipinski definition) is 7. The fourth-order valence-corrected chi connectivity index (χ4v) is 3.27. The third-order valence-corrected chi connectivity index (χ3v) is 4.82. The maximum atomic E-state index is 11.0. The quantitative estimate of drug-likeness (QED) is 0.371. The van der Waals surface area contributed by atoms with E-state index in [4.69, 9.17) is 19.6 Å². The van der Waals surface area contributed by atoms with Crippen molar-refractivity contribution in [2.24, 2.45) is 10.7 Å². The predicted molar refractivity (Wildman–Crippen MR) is 115 cm³/mol. The van der Waals surface area contributed by atoms with Gasteiger partial charge >= 0.3 is 0 Å². The van der Waals surface area contributed by atoms with Gasteiger partial charge in [0, 0.05) is 30.5 Å². The summed E-state index contributed by atoms with van der Waals surface area (Å²) < 4.78 is 16.3. The topological polar surface area (TPSA) is 124 Å². The molecule has 0 saturated heterocycles. The second kappa shape index (κ2) is 9.79. The highest BCUT2D eigenvalue weighted by Crippen LogP contribution is 2.28. The Morgan fingerprint density at radius 1 is 1.20 bits per heavy atom. The highest BCUT2D eigenvalue weighted by molar-refractivity contribution is 7.13. The number of thiazole rings is 1. The van der Waals surface area contributed by atoms with E-state index in [2.05, 4.69) is 20.6 Å². The van der Waals surface area contributed by atoms with Gasteiger partial charge in [-0.05, 0) is 24.3 Å². The number of methoxy groups -OCH3 is 2. The Bertz CT molecular complexity index is 1040. The third-order valence-electron chi connectivity index (χ3n) is 4.09. The van der Waals surface area contributed by atoms with Crippen molar-refractivity contribution in [3.63, 3.8) is 0 Å². The molecular weight excluding hydrogens is 406 g/mol. The summed E-state index contributed by atoms with van der Waals surface area (Å²) in [6, 6.07) is 9.16. The Morgan fingerprint density at radius 2 is 2.03 bits per heavy atom. The van der Waals surface area contributed by atoms with Crippen LogP contribution in [0.4, 0.5) is 5.13 Å². The van der Waals surface area contributed by atoms with Gasteiger partial charge in [-0.3, -0.25) is 4.79 Å². The molecule has 0 bridgehead atoms. The first kappa shape index (κ1) is 21.2. The van der Waals surface area contributed by atoms with Gasteiger partial charge in [-0.15, -0.1) is 11.3 Å². The number of aromatic nitrogens is 1. The monoisotopic (exact) mass is 429 g/mol. The van der Waals surface area contributed by atoms with E-state index in [1.165, 1.54) is 18.3 Å². The number of nitrogens with zero attached hydrogens (tertiary/aromatic N) is 2. The lowest BCUT2D eigenvalue weighted by Crippen LogP contribution is -2.30. The zero-order valence-corrected chi connectivity index (χ0v) is 17.7. The van der Waals surface area contributed by atoms with E-state index in [1.807, 2.05) is 17.5 Å². The normalized spacial score (nSPS) is 11.2. The molecule has 0 aliphatic carbocycles. The Hall–Kier alpha value is -3.53. The third kappa shape index (κ3) is 5.51. The van der Waals surface area contributed by atoms with Crippen molar-refractivity contribution in [2.45, 2.75) is 20.0 Å². The van der Waals surface area contributed by atoms with E-state index in [9.17, 15) is 4.79 Å². The van der Waals surface area contributed by atoms with Crippen molar-refractivity contribution in [2.75, 3.05) is 14.2 Å². The molecule has 4 N–H and O–H groups in total. The summed E-state index contributed by atoms with van der Waals surface area (Å²) in [4.78, 5) is 19.7. The molecule has 3 rings (SSSR count). The number of hydrogen-bond donors (Lipinski definition) is 3. The van der Waals surface area contributed by atoms with Gasteiger partial charge in [0.25, 0.3) is 0 Å². The van der Waals surface area contributed by atoms with Crippen LogP contribution in [-0.2, 0) is 17.9 Å². The molecule has 2 aromatic heterocycles. The fourth-order valence-electron chi connectivity index (χ4n) is 2.58. The van der Waals surface area contributed by atoms with Crippen molar-refractivity contribution in [1.82, 2.24) is 15.6 Å². The molecule has 10 heteroatoms. The molecule has 9 nitrogen and oxygen atoms in total. The summed E-state index contributed by atoms with van der Waals surface area (Å²) in [6.07, 6.45) is 0. The van der Waals surface area contributed by atoms with Crippen LogP contribution >= 0.6 is 11.3 Å². The first-order valence-corrected chi connectivity index (χ1v) is 9.94. The summed E-state index contributed by atoms with van der Waals surface area (Å²) >= 11 is 1.34. The minimum absolute atomic E-state index is 0.117. The van der Waals surface area contributed by atoms with Crippen LogP contribution in [0.15, 0.2) is 45.1 Å². The number of nitrogens with one attached hydrogen (secondary N) is 2. The van der Waals surface area contributed by atoms with Gasteiger partial charge in [0.1, 0.15) is 23.0 Å². The molecule has 0 spiro atoms. The average molecular weight is 430 g/mol. The first-order chi connectivity index (χ1) is 14.5. The summed E-state index contributed by atoms with van der Waals surface area (Å²) in [5, 5.41) is 8.07. The molecular formula is C20H23N5O4S. The zero-order valence-electron chi connectivity index (χ0n) is 16.9. The molecule has 158 valence electrons. The smallest absolute Gasteiger partial charge is 0.217 e. The lowest BCUT2D eigenvalue weighted by Gasteiger charge is -2.11. The highest BCUT2D eigenvalue weighted by atomic mass is 32.1. The van der Waals surface area contributed by atoms with Crippen LogP contribution < -0.4 is 25.8 Å². The average Bonchev–Trinajstić information content (AvgIpc) is 3.40. The van der Waals surface area contributed by atoms with Crippen LogP contribution in [0, 0.1) is 0 Å². The predicted octanol–water partition coefficient (Wildman–Crippen LogP) is 2.79. The second-order valence-electron chi connectivity index (χ2n) is 6.22. The van der Waals surface area contributed by atoms with Gasteiger partial charge in [-0.2, -0.15) is 4.99 Å². The summed E-state index contributed by atoms with van der Waals surface area (Å²) in [5.74, 6) is 2.77. The van der Waals surface area contributed by atoms with Crippen molar-refractivity contribution in [3.8, 4) is 23.0 Å². The molecule has 0 aliphatic rings. The Labute approximate surface area is 177 Å². The number of rotatable bonds is 8. The largest absolute Gasteiger partial charge is 0.497 e. The lowest BCUT2D eigenvalue weighted by atomic mass is 10.2. The van der Waals surface area contributed by atoms with E-state index < -0.39 is 0 Å². The van der Waals surface area contributed by atoms with E-state index in [1.54, 1.807) is 32.4 Å². The lowest BCUT2D eigenvalue weighted by molar-refractivity contribution is -0.119. The molecule has 0 saturated carbocycles. The summed E-state index contributed by atoms with van der Waals surface area (Å²) in [5.41, 5.74) is 7.56. The molecule has 2 heterocycles. The second-order valence-corrected chi connectivity index (χ2v) is 7.06. The highest BCUT2D eigenvalue weighted by Gasteiger charge is 2.10. The summed E-state index contributed by atoms with van der Waals surface area (Å²) in [6.45, 7) is 2.22. The minimum Gasteiger partial charge on any atom is -0.497 e. The maximum Gasteiger partial charge on any atom is 0.217 e. The van der Waals surface area contributed by atoms with Crippen LogP contribution in [0.2, 0.25) is 0 Å². The molecule has 0 aliphatic heterocycles. The Morgan fingerprint density at radius 3 is 2.77 bits per heavy atom. The fraction of sp³-hybridized carbons (Fsp3) is 0.250. The molecule has 0 atom stereocenters. The van der Waals surface area contributed by atoms with Gasteiger partial charge in [-0.1, -0.05) is 0 Å².